The van der Waals surface area contributed by atoms with Crippen LogP contribution in [-0.4, -0.2) is 30.7 Å². The Hall–Kier alpha value is -2.86. The standard InChI is InChI=1S/C20H21ClN2O4/c1-20(2,23(13-24)16-9-4-5-10-17(16)27-3)18(25)19(26)22-12-14-7-6-8-15(21)11-14/h4-11,13H,12H2,1-3H3,(H,22,26). The van der Waals surface area contributed by atoms with E-state index in [0.29, 0.717) is 22.9 Å². The summed E-state index contributed by atoms with van der Waals surface area (Å²) < 4.78 is 5.26. The van der Waals surface area contributed by atoms with Crippen LogP contribution < -0.4 is 15.0 Å². The van der Waals surface area contributed by atoms with Crippen molar-refractivity contribution in [2.75, 3.05) is 12.0 Å². The molecule has 2 aromatic carbocycles. The number of hydrogen-bond acceptors (Lipinski definition) is 4. The highest BCUT2D eigenvalue weighted by Gasteiger charge is 2.39. The lowest BCUT2D eigenvalue weighted by Gasteiger charge is -2.34. The van der Waals surface area contributed by atoms with Gasteiger partial charge in [0.2, 0.25) is 12.2 Å². The molecule has 0 saturated heterocycles. The zero-order chi connectivity index (χ0) is 20.0. The van der Waals surface area contributed by atoms with Crippen LogP contribution in [0.3, 0.4) is 0 Å². The highest BCUT2D eigenvalue weighted by Crippen LogP contribution is 2.32. The van der Waals surface area contributed by atoms with Gasteiger partial charge in [-0.25, -0.2) is 0 Å². The molecular formula is C20H21ClN2O4. The second-order valence-corrected chi connectivity index (χ2v) is 6.78. The Kier molecular flexibility index (Phi) is 6.58. The first-order valence-corrected chi connectivity index (χ1v) is 8.63. The summed E-state index contributed by atoms with van der Waals surface area (Å²) in [5.41, 5.74) is -0.246. The molecule has 6 nitrogen and oxygen atoms in total. The molecule has 142 valence electrons. The van der Waals surface area contributed by atoms with Crippen molar-refractivity contribution in [1.82, 2.24) is 5.32 Å². The third-order valence-electron chi connectivity index (χ3n) is 4.16. The highest BCUT2D eigenvalue weighted by atomic mass is 35.5. The van der Waals surface area contributed by atoms with Gasteiger partial charge in [0.05, 0.1) is 12.8 Å². The van der Waals surface area contributed by atoms with Crippen LogP contribution in [0.1, 0.15) is 19.4 Å². The molecule has 2 amide bonds. The number of Topliss-reactive ketones (excluding diaryl/α,β-unsaturated/α-hetero) is 1. The van der Waals surface area contributed by atoms with Gasteiger partial charge >= 0.3 is 0 Å². The minimum absolute atomic E-state index is 0.150. The topological polar surface area (TPSA) is 75.7 Å². The summed E-state index contributed by atoms with van der Waals surface area (Å²) in [6.45, 7) is 3.17. The third-order valence-corrected chi connectivity index (χ3v) is 4.39. The SMILES string of the molecule is COc1ccccc1N(C=O)C(C)(C)C(=O)C(=O)NCc1cccc(Cl)c1. The number of benzene rings is 2. The number of amides is 2. The van der Waals surface area contributed by atoms with E-state index in [1.165, 1.54) is 25.9 Å². The van der Waals surface area contributed by atoms with Crippen LogP contribution in [0.15, 0.2) is 48.5 Å². The molecule has 0 aliphatic heterocycles. The molecule has 2 aromatic rings. The van der Waals surface area contributed by atoms with Crippen molar-refractivity contribution in [3.05, 3.63) is 59.1 Å². The van der Waals surface area contributed by atoms with E-state index < -0.39 is 17.2 Å². The first-order chi connectivity index (χ1) is 12.8. The van der Waals surface area contributed by atoms with Crippen LogP contribution in [0.25, 0.3) is 0 Å². The van der Waals surface area contributed by atoms with E-state index in [0.717, 1.165) is 5.56 Å². The summed E-state index contributed by atoms with van der Waals surface area (Å²) in [7, 11) is 1.47. The number of ether oxygens (including phenoxy) is 1. The van der Waals surface area contributed by atoms with Gasteiger partial charge in [0.25, 0.3) is 5.91 Å². The first-order valence-electron chi connectivity index (χ1n) is 8.26. The fourth-order valence-electron chi connectivity index (χ4n) is 2.62. The molecule has 1 N–H and O–H groups in total. The lowest BCUT2D eigenvalue weighted by atomic mass is 9.95. The fraction of sp³-hybridized carbons (Fsp3) is 0.250. The number of hydrogen-bond donors (Lipinski definition) is 1. The van der Waals surface area contributed by atoms with Crippen molar-refractivity contribution in [2.45, 2.75) is 25.9 Å². The van der Waals surface area contributed by atoms with E-state index in [2.05, 4.69) is 5.32 Å². The number of anilines is 1. The molecule has 0 aliphatic rings. The molecule has 0 atom stereocenters. The molecule has 0 bridgehead atoms. The molecule has 27 heavy (non-hydrogen) atoms. The van der Waals surface area contributed by atoms with Crippen molar-refractivity contribution in [3.63, 3.8) is 0 Å². The van der Waals surface area contributed by atoms with Crippen LogP contribution in [0.5, 0.6) is 5.75 Å². The molecule has 0 spiro atoms. The molecule has 0 radical (unpaired) electrons. The predicted molar refractivity (Wildman–Crippen MR) is 104 cm³/mol. The molecule has 0 heterocycles. The number of halogens is 1. The van der Waals surface area contributed by atoms with Gasteiger partial charge in [0.1, 0.15) is 11.3 Å². The van der Waals surface area contributed by atoms with Gasteiger partial charge in [-0.2, -0.15) is 0 Å². The van der Waals surface area contributed by atoms with Crippen molar-refractivity contribution in [3.8, 4) is 5.75 Å². The Balaban J connectivity index is 2.18. The summed E-state index contributed by atoms with van der Waals surface area (Å²) in [6, 6.07) is 13.7. The Morgan fingerprint density at radius 3 is 2.52 bits per heavy atom. The molecule has 2 rings (SSSR count). The van der Waals surface area contributed by atoms with Crippen molar-refractivity contribution in [2.24, 2.45) is 0 Å². The van der Waals surface area contributed by atoms with Gasteiger partial charge in [0, 0.05) is 11.6 Å². The van der Waals surface area contributed by atoms with E-state index in [1.54, 1.807) is 48.5 Å². The van der Waals surface area contributed by atoms with Crippen molar-refractivity contribution in [1.29, 1.82) is 0 Å². The third kappa shape index (κ3) is 4.65. The van der Waals surface area contributed by atoms with E-state index in [9.17, 15) is 14.4 Å². The van der Waals surface area contributed by atoms with Gasteiger partial charge in [-0.1, -0.05) is 35.9 Å². The van der Waals surface area contributed by atoms with E-state index in [1.807, 2.05) is 0 Å². The first kappa shape index (κ1) is 20.5. The maximum absolute atomic E-state index is 12.7. The molecule has 0 saturated carbocycles. The zero-order valence-electron chi connectivity index (χ0n) is 15.4. The van der Waals surface area contributed by atoms with Gasteiger partial charge in [-0.3, -0.25) is 19.3 Å². The van der Waals surface area contributed by atoms with E-state index in [-0.39, 0.29) is 6.54 Å². The maximum Gasteiger partial charge on any atom is 0.290 e. The monoisotopic (exact) mass is 388 g/mol. The molecule has 0 fully saturated rings. The lowest BCUT2D eigenvalue weighted by Crippen LogP contribution is -2.55. The quantitative estimate of drug-likeness (QED) is 0.557. The summed E-state index contributed by atoms with van der Waals surface area (Å²) in [5, 5.41) is 3.11. The fourth-order valence-corrected chi connectivity index (χ4v) is 2.83. The number of rotatable bonds is 8. The normalized spacial score (nSPS) is 10.8. The minimum Gasteiger partial charge on any atom is -0.495 e. The Labute approximate surface area is 163 Å². The highest BCUT2D eigenvalue weighted by molar-refractivity contribution is 6.40. The zero-order valence-corrected chi connectivity index (χ0v) is 16.1. The second kappa shape index (κ2) is 8.68. The van der Waals surface area contributed by atoms with Gasteiger partial charge in [-0.05, 0) is 43.7 Å². The smallest absolute Gasteiger partial charge is 0.290 e. The van der Waals surface area contributed by atoms with Crippen LogP contribution in [0.2, 0.25) is 5.02 Å². The Bertz CT molecular complexity index is 851. The van der Waals surface area contributed by atoms with Gasteiger partial charge in [-0.15, -0.1) is 0 Å². The molecular weight excluding hydrogens is 368 g/mol. The molecule has 0 aliphatic carbocycles. The lowest BCUT2D eigenvalue weighted by molar-refractivity contribution is -0.140. The summed E-state index contributed by atoms with van der Waals surface area (Å²) >= 11 is 5.92. The average molecular weight is 389 g/mol. The molecule has 7 heteroatoms. The maximum atomic E-state index is 12.7. The van der Waals surface area contributed by atoms with Crippen LogP contribution in [0, 0.1) is 0 Å². The minimum atomic E-state index is -1.41. The van der Waals surface area contributed by atoms with E-state index in [4.69, 9.17) is 16.3 Å². The molecule has 0 aromatic heterocycles. The predicted octanol–water partition coefficient (Wildman–Crippen LogP) is 2.98. The number of carbonyl (C=O) groups excluding carboxylic acids is 3. The summed E-state index contributed by atoms with van der Waals surface area (Å²) in [5.74, 6) is -1.12. The van der Waals surface area contributed by atoms with Gasteiger partial charge in [0.15, 0.2) is 0 Å². The number of methoxy groups -OCH3 is 1. The summed E-state index contributed by atoms with van der Waals surface area (Å²) in [4.78, 5) is 38.1. The van der Waals surface area contributed by atoms with Crippen LogP contribution in [0.4, 0.5) is 5.69 Å². The largest absolute Gasteiger partial charge is 0.495 e. The van der Waals surface area contributed by atoms with Gasteiger partial charge < -0.3 is 10.1 Å². The number of carbonyl (C=O) groups is 3. The van der Waals surface area contributed by atoms with Crippen LogP contribution >= 0.6 is 11.6 Å². The van der Waals surface area contributed by atoms with E-state index >= 15 is 0 Å². The van der Waals surface area contributed by atoms with Crippen LogP contribution in [-0.2, 0) is 20.9 Å². The summed E-state index contributed by atoms with van der Waals surface area (Å²) in [6.07, 6.45) is 0.514. The Morgan fingerprint density at radius 2 is 1.89 bits per heavy atom. The molecule has 0 unspecified atom stereocenters. The van der Waals surface area contributed by atoms with Crippen molar-refractivity contribution < 1.29 is 19.1 Å². The number of para-hydroxylation sites is 2. The second-order valence-electron chi connectivity index (χ2n) is 6.35. The number of nitrogens with one attached hydrogen (secondary N) is 1. The van der Waals surface area contributed by atoms with Crippen molar-refractivity contribution >= 4 is 35.4 Å². The Morgan fingerprint density at radius 1 is 1.19 bits per heavy atom. The average Bonchev–Trinajstić information content (AvgIpc) is 2.66. The number of ketones is 1. The number of nitrogens with zero attached hydrogens (tertiary/aromatic N) is 1.